The van der Waals surface area contributed by atoms with E-state index >= 15 is 0 Å². The molecule has 0 aliphatic heterocycles. The quantitative estimate of drug-likeness (QED) is 0.239. The molecule has 12 heteroatoms. The van der Waals surface area contributed by atoms with E-state index in [9.17, 15) is 24.0 Å². The smallest absolute Gasteiger partial charge is 0.326 e. The van der Waals surface area contributed by atoms with Crippen LogP contribution in [0, 0.1) is 0 Å². The molecule has 0 aromatic heterocycles. The molecule has 0 saturated carbocycles. The van der Waals surface area contributed by atoms with Crippen molar-refractivity contribution in [2.75, 3.05) is 0 Å². The topological polar surface area (TPSA) is 182 Å². The highest BCUT2D eigenvalue weighted by Crippen LogP contribution is 2.01. The second kappa shape index (κ2) is 10.3. The fourth-order valence-corrected chi connectivity index (χ4v) is 1.58. The highest BCUT2D eigenvalue weighted by molar-refractivity contribution is 7.78. The number of carbonyl (C=O) groups excluding carboxylic acids is 2. The van der Waals surface area contributed by atoms with Crippen LogP contribution in [0.2, 0.25) is 0 Å². The largest absolute Gasteiger partial charge is 0.481 e. The van der Waals surface area contributed by atoms with Gasteiger partial charge in [-0.05, 0) is 12.8 Å². The molecular weight excluding hydrogens is 334 g/mol. The van der Waals surface area contributed by atoms with Gasteiger partial charge >= 0.3 is 23.9 Å². The van der Waals surface area contributed by atoms with Gasteiger partial charge in [-0.2, -0.15) is 0 Å². The lowest BCUT2D eigenvalue weighted by Gasteiger charge is -2.18. The number of carboxylic acids is 3. The zero-order chi connectivity index (χ0) is 18.0. The third-order valence-corrected chi connectivity index (χ3v) is 2.89. The fraction of sp³-hybridized carbons (Fsp3) is 0.545. The van der Waals surface area contributed by atoms with Crippen molar-refractivity contribution in [3.8, 4) is 0 Å². The molecule has 0 saturated heterocycles. The minimum Gasteiger partial charge on any atom is -0.481 e. The highest BCUT2D eigenvalue weighted by atomic mass is 32.1. The van der Waals surface area contributed by atoms with Gasteiger partial charge in [-0.15, -0.1) is 0 Å². The van der Waals surface area contributed by atoms with Crippen LogP contribution in [-0.4, -0.2) is 57.2 Å². The number of hydrogen-bond donors (Lipinski definition) is 7. The van der Waals surface area contributed by atoms with Crippen molar-refractivity contribution in [1.29, 1.82) is 0 Å². The molecule has 0 heterocycles. The molecule has 2 atom stereocenters. The lowest BCUT2D eigenvalue weighted by Crippen LogP contribution is -2.51. The van der Waals surface area contributed by atoms with Gasteiger partial charge in [0.15, 0.2) is 0 Å². The third kappa shape index (κ3) is 9.18. The van der Waals surface area contributed by atoms with Crippen LogP contribution in [0.4, 0.5) is 4.79 Å². The monoisotopic (exact) mass is 351 g/mol. The van der Waals surface area contributed by atoms with E-state index in [-0.39, 0.29) is 19.3 Å². The molecular formula is C11H17N3O8S. The molecule has 0 aliphatic rings. The highest BCUT2D eigenvalue weighted by Gasteiger charge is 2.25. The number of aliphatic carboxylic acids is 3. The maximum Gasteiger partial charge on any atom is 0.326 e. The van der Waals surface area contributed by atoms with Crippen molar-refractivity contribution in [2.24, 2.45) is 0 Å². The molecule has 0 aliphatic carbocycles. The Hall–Kier alpha value is -2.50. The van der Waals surface area contributed by atoms with E-state index in [4.69, 9.17) is 15.3 Å². The molecule has 130 valence electrons. The summed E-state index contributed by atoms with van der Waals surface area (Å²) in [5.41, 5.74) is 0. The summed E-state index contributed by atoms with van der Waals surface area (Å²) in [4.78, 5) is 54.9. The first kappa shape index (κ1) is 20.5. The van der Waals surface area contributed by atoms with Gasteiger partial charge in [0.1, 0.15) is 12.1 Å². The molecule has 0 radical (unpaired) electrons. The van der Waals surface area contributed by atoms with Crippen molar-refractivity contribution in [3.63, 3.8) is 0 Å². The first-order chi connectivity index (χ1) is 10.7. The van der Waals surface area contributed by atoms with Gasteiger partial charge in [0.05, 0.1) is 0 Å². The Morgan fingerprint density at radius 1 is 0.826 bits per heavy atom. The number of nitrogens with one attached hydrogen (secondary N) is 3. The standard InChI is InChI=1S/C11H17N3O8S/c15-7(14-23)3-1-5(9(18)19)12-11(22)13-6(10(20)21)2-4-8(16)17/h5-6,23H,1-4H2,(H,14,15)(H,16,17)(H,18,19)(H,20,21)(H2,12,13,22). The molecule has 2 unspecified atom stereocenters. The van der Waals surface area contributed by atoms with Crippen LogP contribution < -0.4 is 15.4 Å². The van der Waals surface area contributed by atoms with E-state index in [0.29, 0.717) is 0 Å². The van der Waals surface area contributed by atoms with E-state index in [1.807, 2.05) is 15.4 Å². The van der Waals surface area contributed by atoms with E-state index in [0.717, 1.165) is 0 Å². The van der Waals surface area contributed by atoms with Gasteiger partial charge in [0.25, 0.3) is 0 Å². The Morgan fingerprint density at radius 3 is 1.61 bits per heavy atom. The predicted molar refractivity (Wildman–Crippen MR) is 77.7 cm³/mol. The Bertz CT molecular complexity index is 484. The van der Waals surface area contributed by atoms with Crippen LogP contribution in [0.25, 0.3) is 0 Å². The molecule has 3 amide bonds. The number of amides is 3. The van der Waals surface area contributed by atoms with Crippen LogP contribution in [0.1, 0.15) is 25.7 Å². The molecule has 0 fully saturated rings. The summed E-state index contributed by atoms with van der Waals surface area (Å²) < 4.78 is 1.99. The minimum absolute atomic E-state index is 0.220. The number of hydrogen-bond acceptors (Lipinski definition) is 6. The zero-order valence-corrected chi connectivity index (χ0v) is 12.7. The summed E-state index contributed by atoms with van der Waals surface area (Å²) in [5, 5.41) is 30.3. The molecule has 6 N–H and O–H groups in total. The Kier molecular flexibility index (Phi) is 9.15. The third-order valence-electron chi connectivity index (χ3n) is 2.64. The summed E-state index contributed by atoms with van der Waals surface area (Å²) in [7, 11) is 0. The van der Waals surface area contributed by atoms with Crippen molar-refractivity contribution in [2.45, 2.75) is 37.8 Å². The first-order valence-electron chi connectivity index (χ1n) is 6.34. The van der Waals surface area contributed by atoms with Crippen molar-refractivity contribution in [1.82, 2.24) is 15.4 Å². The Balaban J connectivity index is 4.59. The maximum absolute atomic E-state index is 11.6. The van der Waals surface area contributed by atoms with Gasteiger partial charge in [-0.3, -0.25) is 9.59 Å². The maximum atomic E-state index is 11.6. The second-order valence-electron chi connectivity index (χ2n) is 4.41. The van der Waals surface area contributed by atoms with Gasteiger partial charge in [-0.1, -0.05) is 12.8 Å². The van der Waals surface area contributed by atoms with E-state index in [2.05, 4.69) is 12.8 Å². The van der Waals surface area contributed by atoms with E-state index < -0.39 is 48.4 Å². The second-order valence-corrected chi connectivity index (χ2v) is 4.63. The van der Waals surface area contributed by atoms with E-state index in [1.54, 1.807) is 0 Å². The van der Waals surface area contributed by atoms with Crippen molar-refractivity contribution >= 4 is 42.7 Å². The summed E-state index contributed by atoms with van der Waals surface area (Å²) in [6.45, 7) is 0. The van der Waals surface area contributed by atoms with Crippen molar-refractivity contribution < 1.29 is 39.3 Å². The summed E-state index contributed by atoms with van der Waals surface area (Å²) >= 11 is 3.49. The summed E-state index contributed by atoms with van der Waals surface area (Å²) in [6.07, 6.45) is -1.30. The molecule has 0 aromatic rings. The van der Waals surface area contributed by atoms with Crippen molar-refractivity contribution in [3.05, 3.63) is 0 Å². The van der Waals surface area contributed by atoms with Crippen LogP contribution in [-0.2, 0) is 19.2 Å². The number of thiol groups is 1. The zero-order valence-electron chi connectivity index (χ0n) is 11.8. The van der Waals surface area contributed by atoms with Crippen LogP contribution in [0.3, 0.4) is 0 Å². The lowest BCUT2D eigenvalue weighted by molar-refractivity contribution is -0.141. The Morgan fingerprint density at radius 2 is 1.26 bits per heavy atom. The molecule has 0 bridgehead atoms. The van der Waals surface area contributed by atoms with Crippen LogP contribution in [0.15, 0.2) is 0 Å². The van der Waals surface area contributed by atoms with Gasteiger partial charge in [0.2, 0.25) is 5.91 Å². The van der Waals surface area contributed by atoms with Gasteiger partial charge in [0, 0.05) is 12.8 Å². The Labute approximate surface area is 136 Å². The van der Waals surface area contributed by atoms with Gasteiger partial charge < -0.3 is 30.7 Å². The summed E-state index contributed by atoms with van der Waals surface area (Å²) in [6, 6.07) is -4.00. The van der Waals surface area contributed by atoms with E-state index in [1.165, 1.54) is 0 Å². The summed E-state index contributed by atoms with van der Waals surface area (Å²) in [5.74, 6) is -4.65. The van der Waals surface area contributed by atoms with Crippen LogP contribution in [0.5, 0.6) is 0 Å². The SMILES string of the molecule is O=C(O)CCC(NC(=O)NC(CCC(=O)NS)C(=O)O)C(=O)O. The lowest BCUT2D eigenvalue weighted by atomic mass is 10.1. The van der Waals surface area contributed by atoms with Gasteiger partial charge in [-0.25, -0.2) is 14.4 Å². The molecule has 0 spiro atoms. The first-order valence-corrected chi connectivity index (χ1v) is 6.79. The average molecular weight is 351 g/mol. The number of rotatable bonds is 10. The number of carbonyl (C=O) groups is 5. The number of urea groups is 1. The molecule has 0 aromatic carbocycles. The normalized spacial score (nSPS) is 12.6. The molecule has 0 rings (SSSR count). The fourth-order valence-electron chi connectivity index (χ4n) is 1.47. The molecule has 11 nitrogen and oxygen atoms in total. The number of carboxylic acid groups (broad SMARTS) is 3. The predicted octanol–water partition coefficient (Wildman–Crippen LogP) is -1.20. The minimum atomic E-state index is -1.48. The molecule has 23 heavy (non-hydrogen) atoms. The van der Waals surface area contributed by atoms with Crippen LogP contribution >= 0.6 is 12.8 Å². The average Bonchev–Trinajstić information content (AvgIpc) is 2.46.